The number of hydrogen-bond acceptors (Lipinski definition) is 4. The van der Waals surface area contributed by atoms with Crippen molar-refractivity contribution in [3.8, 4) is 0 Å². The molecule has 5 heteroatoms. The second kappa shape index (κ2) is 5.02. The van der Waals surface area contributed by atoms with Crippen LogP contribution < -0.4 is 0 Å². The summed E-state index contributed by atoms with van der Waals surface area (Å²) in [7, 11) is 0. The zero-order valence-corrected chi connectivity index (χ0v) is 16.8. The van der Waals surface area contributed by atoms with Crippen LogP contribution in [0.4, 0.5) is 4.39 Å². The van der Waals surface area contributed by atoms with E-state index in [0.717, 1.165) is 6.42 Å². The Morgan fingerprint density at radius 3 is 2.56 bits per heavy atom. The maximum atomic E-state index is 15.4. The Bertz CT molecular complexity index is 738. The number of ether oxygens (including phenoxy) is 1. The molecule has 1 N–H and O–H groups in total. The number of carbonyl (C=O) groups excluding carboxylic acids is 2. The van der Waals surface area contributed by atoms with Crippen LogP contribution in [0, 0.1) is 34.5 Å². The van der Waals surface area contributed by atoms with Crippen LogP contribution in [0.5, 0.6) is 0 Å². The van der Waals surface area contributed by atoms with Crippen molar-refractivity contribution in [1.29, 1.82) is 0 Å². The lowest BCUT2D eigenvalue weighted by atomic mass is 9.43. The maximum absolute atomic E-state index is 15.4. The molecule has 150 valence electrons. The standard InChI is InChI=1S/C22H31FO4/c1-11-7-14-15-9-17(23)16-8-13(25)5-6-19(16,3)22(15)18(27-22)10-20(14,4)21(11,26)12(2)24/h11,14-18,26H,5-10H2,1-4H3/t11-,14?,15?,16?,17-,18-,19-,20-,21-,22+/m0/s1. The summed E-state index contributed by atoms with van der Waals surface area (Å²) in [6, 6.07) is 0. The number of carbonyl (C=O) groups is 2. The summed E-state index contributed by atoms with van der Waals surface area (Å²) in [5.74, 6) is -0.289. The second-order valence-electron chi connectivity index (χ2n) is 10.7. The molecule has 3 unspecified atom stereocenters. The van der Waals surface area contributed by atoms with Gasteiger partial charge in [-0.2, -0.15) is 0 Å². The molecule has 1 aliphatic heterocycles. The lowest BCUT2D eigenvalue weighted by molar-refractivity contribution is -0.172. The molecule has 0 aromatic rings. The van der Waals surface area contributed by atoms with Gasteiger partial charge in [0.2, 0.25) is 0 Å². The van der Waals surface area contributed by atoms with Crippen LogP contribution in [0.2, 0.25) is 0 Å². The lowest BCUT2D eigenvalue weighted by Gasteiger charge is -2.59. The first-order chi connectivity index (χ1) is 12.5. The van der Waals surface area contributed by atoms with Gasteiger partial charge in [0, 0.05) is 29.6 Å². The molecule has 0 bridgehead atoms. The number of hydrogen-bond donors (Lipinski definition) is 1. The zero-order valence-electron chi connectivity index (χ0n) is 16.8. The highest BCUT2D eigenvalue weighted by Crippen LogP contribution is 2.77. The van der Waals surface area contributed by atoms with Crippen molar-refractivity contribution in [2.24, 2.45) is 34.5 Å². The highest BCUT2D eigenvalue weighted by Gasteiger charge is 2.83. The van der Waals surface area contributed by atoms with E-state index in [2.05, 4.69) is 6.92 Å². The summed E-state index contributed by atoms with van der Waals surface area (Å²) in [5, 5.41) is 11.5. The maximum Gasteiger partial charge on any atom is 0.162 e. The number of aliphatic hydroxyl groups is 1. The fourth-order valence-corrected chi connectivity index (χ4v) is 8.57. The minimum absolute atomic E-state index is 0.0153. The van der Waals surface area contributed by atoms with E-state index < -0.39 is 17.2 Å². The predicted molar refractivity (Wildman–Crippen MR) is 96.7 cm³/mol. The number of Topliss-reactive ketones (excluding diaryl/α,β-unsaturated/α-hetero) is 2. The molecule has 1 spiro atoms. The predicted octanol–water partition coefficient (Wildman–Crippen LogP) is 3.24. The van der Waals surface area contributed by atoms with Crippen molar-refractivity contribution in [3.63, 3.8) is 0 Å². The Hall–Kier alpha value is -0.810. The van der Waals surface area contributed by atoms with Gasteiger partial charge < -0.3 is 9.84 Å². The Morgan fingerprint density at radius 1 is 1.19 bits per heavy atom. The molecule has 0 radical (unpaired) electrons. The third-order valence-corrected chi connectivity index (χ3v) is 9.95. The number of fused-ring (bicyclic) bond motifs is 3. The first-order valence-corrected chi connectivity index (χ1v) is 10.6. The number of rotatable bonds is 1. The molecular formula is C22H31FO4. The van der Waals surface area contributed by atoms with E-state index in [1.54, 1.807) is 0 Å². The van der Waals surface area contributed by atoms with Crippen LogP contribution >= 0.6 is 0 Å². The molecule has 4 saturated carbocycles. The van der Waals surface area contributed by atoms with Crippen LogP contribution in [0.1, 0.15) is 66.2 Å². The fraction of sp³-hybridized carbons (Fsp3) is 0.909. The molecule has 27 heavy (non-hydrogen) atoms. The monoisotopic (exact) mass is 378 g/mol. The number of halogens is 1. The highest BCUT2D eigenvalue weighted by molar-refractivity contribution is 5.87. The molecule has 0 amide bonds. The normalized spacial score (nSPS) is 61.5. The molecular weight excluding hydrogens is 347 g/mol. The van der Waals surface area contributed by atoms with Crippen molar-refractivity contribution < 1.29 is 23.8 Å². The van der Waals surface area contributed by atoms with Gasteiger partial charge in [0.05, 0.1) is 6.10 Å². The molecule has 5 rings (SSSR count). The third-order valence-electron chi connectivity index (χ3n) is 9.95. The van der Waals surface area contributed by atoms with E-state index >= 15 is 4.39 Å². The van der Waals surface area contributed by atoms with E-state index in [1.165, 1.54) is 6.92 Å². The van der Waals surface area contributed by atoms with E-state index in [4.69, 9.17) is 4.74 Å². The largest absolute Gasteiger partial charge is 0.381 e. The summed E-state index contributed by atoms with van der Waals surface area (Å²) in [5.41, 5.74) is -2.62. The number of ketones is 2. The Morgan fingerprint density at radius 2 is 1.89 bits per heavy atom. The number of alkyl halides is 1. The summed E-state index contributed by atoms with van der Waals surface area (Å²) >= 11 is 0. The van der Waals surface area contributed by atoms with Gasteiger partial charge in [0.1, 0.15) is 23.2 Å². The van der Waals surface area contributed by atoms with Crippen LogP contribution in [0.15, 0.2) is 0 Å². The quantitative estimate of drug-likeness (QED) is 0.712. The highest BCUT2D eigenvalue weighted by atomic mass is 19.1. The van der Waals surface area contributed by atoms with Crippen LogP contribution in [0.25, 0.3) is 0 Å². The first kappa shape index (κ1) is 18.2. The molecule has 4 nitrogen and oxygen atoms in total. The molecule has 4 aliphatic carbocycles. The van der Waals surface area contributed by atoms with Gasteiger partial charge in [-0.1, -0.05) is 20.8 Å². The zero-order chi connectivity index (χ0) is 19.6. The van der Waals surface area contributed by atoms with Crippen molar-refractivity contribution in [3.05, 3.63) is 0 Å². The third kappa shape index (κ3) is 1.78. The average Bonchev–Trinajstić information content (AvgIpc) is 3.27. The number of epoxide rings is 1. The average molecular weight is 378 g/mol. The fourth-order valence-electron chi connectivity index (χ4n) is 8.57. The second-order valence-corrected chi connectivity index (χ2v) is 10.7. The van der Waals surface area contributed by atoms with Crippen molar-refractivity contribution in [2.45, 2.75) is 89.7 Å². The van der Waals surface area contributed by atoms with Gasteiger partial charge in [-0.05, 0) is 50.4 Å². The minimum atomic E-state index is -1.36. The van der Waals surface area contributed by atoms with E-state index in [0.29, 0.717) is 32.1 Å². The van der Waals surface area contributed by atoms with Gasteiger partial charge >= 0.3 is 0 Å². The molecule has 0 aromatic heterocycles. The summed E-state index contributed by atoms with van der Waals surface area (Å²) < 4.78 is 21.8. The van der Waals surface area contributed by atoms with Crippen LogP contribution in [-0.2, 0) is 14.3 Å². The summed E-state index contributed by atoms with van der Waals surface area (Å²) in [4.78, 5) is 24.5. The molecule has 5 fully saturated rings. The van der Waals surface area contributed by atoms with Gasteiger partial charge in [0.25, 0.3) is 0 Å². The van der Waals surface area contributed by atoms with Crippen LogP contribution in [-0.4, -0.2) is 40.2 Å². The van der Waals surface area contributed by atoms with Crippen molar-refractivity contribution >= 4 is 11.6 Å². The minimum Gasteiger partial charge on any atom is -0.381 e. The van der Waals surface area contributed by atoms with Gasteiger partial charge in [-0.15, -0.1) is 0 Å². The molecule has 1 saturated heterocycles. The van der Waals surface area contributed by atoms with Crippen molar-refractivity contribution in [1.82, 2.24) is 0 Å². The summed E-state index contributed by atoms with van der Waals surface area (Å²) in [6.07, 6.45) is 2.28. The summed E-state index contributed by atoms with van der Waals surface area (Å²) in [6.45, 7) is 7.62. The van der Waals surface area contributed by atoms with E-state index in [9.17, 15) is 14.7 Å². The van der Waals surface area contributed by atoms with Crippen molar-refractivity contribution in [2.75, 3.05) is 0 Å². The van der Waals surface area contributed by atoms with Gasteiger partial charge in [0.15, 0.2) is 5.78 Å². The van der Waals surface area contributed by atoms with Gasteiger partial charge in [-0.3, -0.25) is 9.59 Å². The molecule has 5 aliphatic rings. The van der Waals surface area contributed by atoms with E-state index in [-0.39, 0.29) is 52.4 Å². The van der Waals surface area contributed by atoms with Gasteiger partial charge in [-0.25, -0.2) is 4.39 Å². The first-order valence-electron chi connectivity index (χ1n) is 10.6. The molecule has 0 aromatic carbocycles. The van der Waals surface area contributed by atoms with Crippen LogP contribution in [0.3, 0.4) is 0 Å². The topological polar surface area (TPSA) is 66.9 Å². The Balaban J connectivity index is 1.60. The molecule has 10 atom stereocenters. The SMILES string of the molecule is CC(=O)[C@@]1(O)[C@@H](C)CC2C3C[C@H](F)C4CC(=O)CC[C@]4(C)[C@@]34O[C@H]4C[C@@]21C. The smallest absolute Gasteiger partial charge is 0.162 e. The molecule has 1 heterocycles. The Labute approximate surface area is 160 Å². The lowest BCUT2D eigenvalue weighted by Crippen LogP contribution is -2.65. The Kier molecular flexibility index (Phi) is 3.39. The van der Waals surface area contributed by atoms with E-state index in [1.807, 2.05) is 13.8 Å².